The fourth-order valence-electron chi connectivity index (χ4n) is 6.25. The SMILES string of the molecule is O=C(Nc1nccs1)C(c1ncn2c1CCC2)N1Cc2c(F)cc(-c3ccc(OC4CCN(C(=O)O)CC4)cc3)cc2C1=O. The molecule has 13 heteroatoms. The number of ether oxygens (including phenoxy) is 1. The van der Waals surface area contributed by atoms with Crippen molar-refractivity contribution in [2.45, 2.75) is 50.9 Å². The number of halogens is 1. The van der Waals surface area contributed by atoms with Crippen LogP contribution in [0, 0.1) is 5.82 Å². The second kappa shape index (κ2) is 11.4. The average molecular weight is 617 g/mol. The van der Waals surface area contributed by atoms with E-state index in [1.165, 1.54) is 27.2 Å². The highest BCUT2D eigenvalue weighted by atomic mass is 32.1. The van der Waals surface area contributed by atoms with Crippen LogP contribution in [-0.4, -0.2) is 66.5 Å². The first-order valence-electron chi connectivity index (χ1n) is 14.5. The number of imidazole rings is 1. The van der Waals surface area contributed by atoms with Crippen molar-refractivity contribution >= 4 is 34.4 Å². The van der Waals surface area contributed by atoms with Gasteiger partial charge in [0.15, 0.2) is 11.2 Å². The molecule has 1 fully saturated rings. The van der Waals surface area contributed by atoms with E-state index < -0.39 is 29.8 Å². The molecular formula is C31H29FN6O5S. The summed E-state index contributed by atoms with van der Waals surface area (Å²) in [6.45, 7) is 1.58. The van der Waals surface area contributed by atoms with Crippen molar-refractivity contribution in [2.75, 3.05) is 18.4 Å². The number of rotatable bonds is 7. The number of anilines is 1. The van der Waals surface area contributed by atoms with Gasteiger partial charge < -0.3 is 24.2 Å². The van der Waals surface area contributed by atoms with E-state index in [0.29, 0.717) is 53.6 Å². The summed E-state index contributed by atoms with van der Waals surface area (Å²) in [5.74, 6) is -0.770. The zero-order valence-corrected chi connectivity index (χ0v) is 24.4. The molecule has 2 aromatic carbocycles. The van der Waals surface area contributed by atoms with E-state index in [2.05, 4.69) is 15.3 Å². The van der Waals surface area contributed by atoms with Crippen LogP contribution in [0.3, 0.4) is 0 Å². The summed E-state index contributed by atoms with van der Waals surface area (Å²) in [6.07, 6.45) is 5.14. The number of nitrogens with zero attached hydrogens (tertiary/aromatic N) is 5. The predicted octanol–water partition coefficient (Wildman–Crippen LogP) is 4.95. The molecule has 7 rings (SSSR count). The number of carbonyl (C=O) groups excluding carboxylic acids is 2. The molecule has 2 N–H and O–H groups in total. The van der Waals surface area contributed by atoms with Crippen molar-refractivity contribution in [3.63, 3.8) is 0 Å². The Morgan fingerprint density at radius 2 is 1.89 bits per heavy atom. The molecule has 0 radical (unpaired) electrons. The number of amides is 3. The highest BCUT2D eigenvalue weighted by Gasteiger charge is 2.42. The predicted molar refractivity (Wildman–Crippen MR) is 159 cm³/mol. The number of piperidine rings is 1. The second-order valence-corrected chi connectivity index (χ2v) is 12.0. The van der Waals surface area contributed by atoms with Gasteiger partial charge in [0.2, 0.25) is 0 Å². The lowest BCUT2D eigenvalue weighted by Gasteiger charge is -2.30. The Kier molecular flexibility index (Phi) is 7.24. The molecule has 0 bridgehead atoms. The smallest absolute Gasteiger partial charge is 0.407 e. The summed E-state index contributed by atoms with van der Waals surface area (Å²) >= 11 is 1.27. The minimum Gasteiger partial charge on any atom is -0.490 e. The number of aromatic nitrogens is 3. The molecular weight excluding hydrogens is 587 g/mol. The van der Waals surface area contributed by atoms with E-state index in [4.69, 9.17) is 9.84 Å². The number of fused-ring (bicyclic) bond motifs is 2. The number of aryl methyl sites for hydroxylation is 1. The van der Waals surface area contributed by atoms with E-state index in [9.17, 15) is 14.4 Å². The van der Waals surface area contributed by atoms with Crippen LogP contribution in [0.25, 0.3) is 11.1 Å². The number of nitrogens with one attached hydrogen (secondary N) is 1. The normalized spacial score (nSPS) is 17.0. The number of carbonyl (C=O) groups is 3. The van der Waals surface area contributed by atoms with Gasteiger partial charge in [-0.25, -0.2) is 19.2 Å². The third-order valence-corrected chi connectivity index (χ3v) is 9.18. The lowest BCUT2D eigenvalue weighted by molar-refractivity contribution is -0.121. The number of hydrogen-bond donors (Lipinski definition) is 2. The average Bonchev–Trinajstić information content (AvgIpc) is 3.82. The third kappa shape index (κ3) is 5.17. The van der Waals surface area contributed by atoms with E-state index in [1.54, 1.807) is 48.2 Å². The fourth-order valence-corrected chi connectivity index (χ4v) is 6.78. The number of hydrogen-bond acceptors (Lipinski definition) is 7. The van der Waals surface area contributed by atoms with E-state index >= 15 is 4.39 Å². The van der Waals surface area contributed by atoms with Crippen LogP contribution in [0.4, 0.5) is 14.3 Å². The Morgan fingerprint density at radius 3 is 2.61 bits per heavy atom. The zero-order chi connectivity index (χ0) is 30.4. The standard InChI is InChI=1S/C31H29FN6O5S/c32-24-15-19(18-3-5-20(6-4-18)43-21-7-11-36(12-8-21)31(41)42)14-22-23(24)16-38(29(22)40)27(28(39)35-30-33-9-13-44-30)26-25-2-1-10-37(25)17-34-26/h3-6,9,13-15,17,21,27H,1-2,7-8,10-12,16H2,(H,41,42)(H,33,35,39). The van der Waals surface area contributed by atoms with Crippen molar-refractivity contribution in [2.24, 2.45) is 0 Å². The maximum absolute atomic E-state index is 15.6. The molecule has 1 saturated heterocycles. The van der Waals surface area contributed by atoms with Crippen molar-refractivity contribution < 1.29 is 28.6 Å². The number of benzene rings is 2. The van der Waals surface area contributed by atoms with Gasteiger partial charge in [-0.3, -0.25) is 14.9 Å². The molecule has 0 saturated carbocycles. The summed E-state index contributed by atoms with van der Waals surface area (Å²) in [5, 5.41) is 14.1. The van der Waals surface area contributed by atoms with Crippen LogP contribution in [0.2, 0.25) is 0 Å². The fraction of sp³-hybridized carbons (Fsp3) is 0.323. The van der Waals surface area contributed by atoms with Gasteiger partial charge in [0.05, 0.1) is 18.6 Å². The van der Waals surface area contributed by atoms with Crippen LogP contribution in [-0.2, 0) is 24.3 Å². The highest BCUT2D eigenvalue weighted by Crippen LogP contribution is 2.38. The van der Waals surface area contributed by atoms with Crippen LogP contribution in [0.5, 0.6) is 5.75 Å². The number of carboxylic acid groups (broad SMARTS) is 1. The summed E-state index contributed by atoms with van der Waals surface area (Å²) < 4.78 is 23.7. The number of likely N-dealkylation sites (tertiary alicyclic amines) is 1. The van der Waals surface area contributed by atoms with Gasteiger partial charge in [0.25, 0.3) is 11.8 Å². The topological polar surface area (TPSA) is 130 Å². The minimum atomic E-state index is -1.05. The van der Waals surface area contributed by atoms with Gasteiger partial charge in [0, 0.05) is 60.9 Å². The van der Waals surface area contributed by atoms with Gasteiger partial charge in [-0.1, -0.05) is 12.1 Å². The molecule has 3 amide bonds. The Labute approximate surface area is 255 Å². The van der Waals surface area contributed by atoms with Gasteiger partial charge in [-0.2, -0.15) is 0 Å². The molecule has 5 heterocycles. The van der Waals surface area contributed by atoms with Crippen LogP contribution >= 0.6 is 11.3 Å². The lowest BCUT2D eigenvalue weighted by Crippen LogP contribution is -2.41. The Balaban J connectivity index is 1.12. The van der Waals surface area contributed by atoms with Crippen LogP contribution < -0.4 is 10.1 Å². The van der Waals surface area contributed by atoms with Gasteiger partial charge in [0.1, 0.15) is 17.7 Å². The minimum absolute atomic E-state index is 0.0595. The first kappa shape index (κ1) is 28.0. The van der Waals surface area contributed by atoms with Crippen molar-refractivity contribution in [3.05, 3.63) is 82.6 Å². The largest absolute Gasteiger partial charge is 0.490 e. The molecule has 1 atom stereocenters. The molecule has 3 aliphatic rings. The first-order chi connectivity index (χ1) is 21.4. The molecule has 3 aliphatic heterocycles. The first-order valence-corrected chi connectivity index (χ1v) is 15.4. The highest BCUT2D eigenvalue weighted by molar-refractivity contribution is 7.13. The summed E-state index contributed by atoms with van der Waals surface area (Å²) in [5.41, 5.74) is 3.11. The summed E-state index contributed by atoms with van der Waals surface area (Å²) in [7, 11) is 0. The molecule has 11 nitrogen and oxygen atoms in total. The van der Waals surface area contributed by atoms with E-state index in [0.717, 1.165) is 25.1 Å². The van der Waals surface area contributed by atoms with Crippen molar-refractivity contribution in [3.8, 4) is 16.9 Å². The van der Waals surface area contributed by atoms with Crippen LogP contribution in [0.1, 0.15) is 52.6 Å². The maximum Gasteiger partial charge on any atom is 0.407 e. The Bertz CT molecular complexity index is 1730. The Hall–Kier alpha value is -4.78. The summed E-state index contributed by atoms with van der Waals surface area (Å²) in [6, 6.07) is 9.22. The monoisotopic (exact) mass is 616 g/mol. The number of thiazole rings is 1. The van der Waals surface area contributed by atoms with Gasteiger partial charge >= 0.3 is 6.09 Å². The molecule has 0 aliphatic carbocycles. The van der Waals surface area contributed by atoms with E-state index in [-0.39, 0.29) is 23.8 Å². The second-order valence-electron chi connectivity index (χ2n) is 11.1. The van der Waals surface area contributed by atoms with Gasteiger partial charge in [-0.05, 0) is 48.2 Å². The summed E-state index contributed by atoms with van der Waals surface area (Å²) in [4.78, 5) is 50.2. The quantitative estimate of drug-likeness (QED) is 0.301. The Morgan fingerprint density at radius 1 is 1.09 bits per heavy atom. The maximum atomic E-state index is 15.6. The molecule has 44 heavy (non-hydrogen) atoms. The van der Waals surface area contributed by atoms with Gasteiger partial charge in [-0.15, -0.1) is 11.3 Å². The molecule has 0 spiro atoms. The molecule has 226 valence electrons. The van der Waals surface area contributed by atoms with Crippen LogP contribution in [0.15, 0.2) is 54.3 Å². The zero-order valence-electron chi connectivity index (χ0n) is 23.6. The molecule has 2 aromatic heterocycles. The molecule has 4 aromatic rings. The lowest BCUT2D eigenvalue weighted by atomic mass is 9.99. The van der Waals surface area contributed by atoms with Crippen molar-refractivity contribution in [1.82, 2.24) is 24.3 Å². The van der Waals surface area contributed by atoms with E-state index in [1.807, 2.05) is 4.57 Å². The van der Waals surface area contributed by atoms with Crippen molar-refractivity contribution in [1.29, 1.82) is 0 Å². The molecule has 1 unspecified atom stereocenters. The third-order valence-electron chi connectivity index (χ3n) is 8.49.